The maximum Gasteiger partial charge on any atom is 0.336 e. The van der Waals surface area contributed by atoms with Crippen LogP contribution in [0.3, 0.4) is 0 Å². The summed E-state index contributed by atoms with van der Waals surface area (Å²) < 4.78 is 0. The molecule has 136 valence electrons. The van der Waals surface area contributed by atoms with Gasteiger partial charge in [0.05, 0.1) is 13.1 Å². The molecule has 1 amide bonds. The fourth-order valence-electron chi connectivity index (χ4n) is 1.12. The molecule has 0 rings (SSSR count). The van der Waals surface area contributed by atoms with Crippen LogP contribution in [0.1, 0.15) is 27.7 Å². The van der Waals surface area contributed by atoms with Crippen molar-refractivity contribution in [1.82, 2.24) is 4.90 Å². The Kier molecular flexibility index (Phi) is 14.4. The lowest BCUT2D eigenvalue weighted by molar-refractivity contribution is -0.149. The third-order valence-electron chi connectivity index (χ3n) is 1.88. The van der Waals surface area contributed by atoms with E-state index in [4.69, 9.17) is 15.3 Å². The fourth-order valence-corrected chi connectivity index (χ4v) is 1.63. The Labute approximate surface area is 139 Å². The monoisotopic (exact) mass is 355 g/mol. The van der Waals surface area contributed by atoms with Crippen LogP contribution in [0.5, 0.6) is 0 Å². The maximum atomic E-state index is 11.2. The molecule has 0 aromatic carbocycles. The zero-order valence-electron chi connectivity index (χ0n) is 13.5. The number of thiol groups is 1. The highest BCUT2D eigenvalue weighted by molar-refractivity contribution is 7.81. The number of hydrogen-bond donors (Lipinski definition) is 6. The summed E-state index contributed by atoms with van der Waals surface area (Å²) in [5.74, 6) is -3.35. The van der Waals surface area contributed by atoms with Gasteiger partial charge in [0.15, 0.2) is 5.37 Å². The van der Waals surface area contributed by atoms with Gasteiger partial charge in [-0.2, -0.15) is 0 Å². The van der Waals surface area contributed by atoms with Gasteiger partial charge in [-0.3, -0.25) is 14.4 Å². The van der Waals surface area contributed by atoms with Crippen LogP contribution >= 0.6 is 12.6 Å². The number of carboxylic acids is 3. The molecule has 0 aliphatic rings. The summed E-state index contributed by atoms with van der Waals surface area (Å²) in [6, 6.07) is 0. The Morgan fingerprint density at radius 2 is 1.26 bits per heavy atom. The highest BCUT2D eigenvalue weighted by atomic mass is 32.1. The minimum atomic E-state index is -1.12. The molecule has 0 spiro atoms. The van der Waals surface area contributed by atoms with E-state index < -0.39 is 28.8 Å². The Bertz CT molecular complexity index is 396. The van der Waals surface area contributed by atoms with Gasteiger partial charge in [0.1, 0.15) is 0 Å². The smallest absolute Gasteiger partial charge is 0.336 e. The van der Waals surface area contributed by atoms with Crippen molar-refractivity contribution in [3.05, 3.63) is 0 Å². The van der Waals surface area contributed by atoms with Crippen molar-refractivity contribution in [3.8, 4) is 0 Å². The predicted molar refractivity (Wildman–Crippen MR) is 86.1 cm³/mol. The Balaban J connectivity index is -0.000000329. The number of nitrogens with zero attached hydrogens (tertiary/aromatic N) is 1. The SMILES string of the molecule is CC(=O)N([C@@H](S)C(=O)O)C(C)(C)C.NCC(=O)O.NCC(=O)O. The molecule has 1 atom stereocenters. The van der Waals surface area contributed by atoms with Crippen molar-refractivity contribution >= 4 is 36.4 Å². The molecule has 0 saturated heterocycles. The third-order valence-corrected chi connectivity index (χ3v) is 2.33. The normalized spacial score (nSPS) is 10.9. The van der Waals surface area contributed by atoms with Crippen LogP contribution in [0, 0.1) is 0 Å². The molecule has 0 fully saturated rings. The Morgan fingerprint density at radius 3 is 1.30 bits per heavy atom. The van der Waals surface area contributed by atoms with Gasteiger partial charge in [0.25, 0.3) is 0 Å². The first-order chi connectivity index (χ1) is 10.2. The fraction of sp³-hybridized carbons (Fsp3) is 0.667. The van der Waals surface area contributed by atoms with E-state index >= 15 is 0 Å². The lowest BCUT2D eigenvalue weighted by Crippen LogP contribution is -2.51. The first-order valence-corrected chi connectivity index (χ1v) is 6.78. The molecule has 7 N–H and O–H groups in total. The van der Waals surface area contributed by atoms with Gasteiger partial charge in [-0.05, 0) is 20.8 Å². The summed E-state index contributed by atoms with van der Waals surface area (Å²) in [7, 11) is 0. The Hall–Kier alpha value is -1.85. The van der Waals surface area contributed by atoms with Crippen LogP contribution in [0.4, 0.5) is 0 Å². The number of hydrogen-bond acceptors (Lipinski definition) is 7. The van der Waals surface area contributed by atoms with Crippen LogP contribution in [-0.2, 0) is 19.2 Å². The number of rotatable bonds is 4. The second kappa shape index (κ2) is 12.7. The Morgan fingerprint density at radius 1 is 1.00 bits per heavy atom. The molecule has 0 heterocycles. The summed E-state index contributed by atoms with van der Waals surface area (Å²) in [5.41, 5.74) is 8.61. The quantitative estimate of drug-likeness (QED) is 0.273. The first kappa shape index (κ1) is 26.1. The van der Waals surface area contributed by atoms with E-state index in [1.54, 1.807) is 20.8 Å². The van der Waals surface area contributed by atoms with E-state index in [9.17, 15) is 19.2 Å². The largest absolute Gasteiger partial charge is 0.480 e. The van der Waals surface area contributed by atoms with Gasteiger partial charge < -0.3 is 31.7 Å². The first-order valence-electron chi connectivity index (χ1n) is 6.26. The number of amides is 1. The van der Waals surface area contributed by atoms with Gasteiger partial charge in [-0.1, -0.05) is 0 Å². The van der Waals surface area contributed by atoms with E-state index in [2.05, 4.69) is 24.1 Å². The predicted octanol–water partition coefficient (Wildman–Crippen LogP) is -0.967. The van der Waals surface area contributed by atoms with E-state index in [1.807, 2.05) is 0 Å². The van der Waals surface area contributed by atoms with Crippen LogP contribution in [0.15, 0.2) is 0 Å². The number of carboxylic acid groups (broad SMARTS) is 3. The van der Waals surface area contributed by atoms with Crippen LogP contribution in [0.2, 0.25) is 0 Å². The van der Waals surface area contributed by atoms with Crippen LogP contribution in [0.25, 0.3) is 0 Å². The lowest BCUT2D eigenvalue weighted by atomic mass is 10.1. The zero-order chi connectivity index (χ0) is 19.4. The average molecular weight is 355 g/mol. The van der Waals surface area contributed by atoms with Crippen molar-refractivity contribution in [1.29, 1.82) is 0 Å². The number of aliphatic carboxylic acids is 3. The van der Waals surface area contributed by atoms with E-state index in [1.165, 1.54) is 11.8 Å². The van der Waals surface area contributed by atoms with Crippen molar-refractivity contribution in [2.75, 3.05) is 13.1 Å². The van der Waals surface area contributed by atoms with E-state index in [0.717, 1.165) is 0 Å². The van der Waals surface area contributed by atoms with Gasteiger partial charge in [0, 0.05) is 12.5 Å². The van der Waals surface area contributed by atoms with Crippen molar-refractivity contribution in [2.24, 2.45) is 11.5 Å². The molecule has 0 unspecified atom stereocenters. The van der Waals surface area contributed by atoms with Crippen molar-refractivity contribution < 1.29 is 34.5 Å². The molecule has 0 aliphatic carbocycles. The summed E-state index contributed by atoms with van der Waals surface area (Å²) in [6.45, 7) is 6.07. The molecule has 0 bridgehead atoms. The van der Waals surface area contributed by atoms with Gasteiger partial charge in [0.2, 0.25) is 5.91 Å². The molecule has 0 aromatic heterocycles. The second-order valence-corrected chi connectivity index (χ2v) is 5.46. The molecule has 0 aliphatic heterocycles. The standard InChI is InChI=1S/C8H15NO3S.2C2H5NO2/c1-5(10)9(8(2,3)4)6(13)7(11)12;2*3-1-2(4)5/h6,13H,1-4H3,(H,11,12);2*1,3H2,(H,4,5)/t6-;;/m0../s1. The van der Waals surface area contributed by atoms with Crippen molar-refractivity contribution in [2.45, 2.75) is 38.6 Å². The third kappa shape index (κ3) is 16.3. The topological polar surface area (TPSA) is 184 Å². The van der Waals surface area contributed by atoms with Crippen LogP contribution < -0.4 is 11.5 Å². The number of carbonyl (C=O) groups excluding carboxylic acids is 1. The average Bonchev–Trinajstić information content (AvgIpc) is 2.37. The lowest BCUT2D eigenvalue weighted by Gasteiger charge is -2.37. The van der Waals surface area contributed by atoms with Crippen molar-refractivity contribution in [3.63, 3.8) is 0 Å². The van der Waals surface area contributed by atoms with Gasteiger partial charge in [-0.25, -0.2) is 4.79 Å². The molecule has 10 nitrogen and oxygen atoms in total. The van der Waals surface area contributed by atoms with E-state index in [0.29, 0.717) is 0 Å². The number of carbonyl (C=O) groups is 4. The van der Waals surface area contributed by atoms with Gasteiger partial charge >= 0.3 is 17.9 Å². The highest BCUT2D eigenvalue weighted by Gasteiger charge is 2.32. The summed E-state index contributed by atoms with van der Waals surface area (Å²) in [5, 5.41) is 22.8. The molecule has 0 saturated carbocycles. The highest BCUT2D eigenvalue weighted by Crippen LogP contribution is 2.19. The molecule has 11 heteroatoms. The minimum absolute atomic E-state index is 0.278. The van der Waals surface area contributed by atoms with E-state index in [-0.39, 0.29) is 19.0 Å². The summed E-state index contributed by atoms with van der Waals surface area (Å²) >= 11 is 3.86. The number of nitrogens with two attached hydrogens (primary N) is 2. The second-order valence-electron chi connectivity index (χ2n) is 4.97. The van der Waals surface area contributed by atoms with Crippen LogP contribution in [-0.4, -0.2) is 68.0 Å². The maximum absolute atomic E-state index is 11.2. The molecule has 0 radical (unpaired) electrons. The molecular weight excluding hydrogens is 330 g/mol. The molecular formula is C12H25N3O7S. The minimum Gasteiger partial charge on any atom is -0.480 e. The zero-order valence-corrected chi connectivity index (χ0v) is 14.4. The van der Waals surface area contributed by atoms with Gasteiger partial charge in [-0.15, -0.1) is 12.6 Å². The molecule has 0 aromatic rings. The summed E-state index contributed by atoms with van der Waals surface area (Å²) in [6.07, 6.45) is 0. The summed E-state index contributed by atoms with van der Waals surface area (Å²) in [4.78, 5) is 41.5. The molecule has 23 heavy (non-hydrogen) atoms.